The van der Waals surface area contributed by atoms with Crippen LogP contribution < -0.4 is 0 Å². The van der Waals surface area contributed by atoms with E-state index in [4.69, 9.17) is 0 Å². The molecule has 0 aliphatic rings. The fourth-order valence-electron chi connectivity index (χ4n) is 2.25. The van der Waals surface area contributed by atoms with Crippen LogP contribution in [0.3, 0.4) is 0 Å². The van der Waals surface area contributed by atoms with Gasteiger partial charge in [-0.25, -0.2) is 0 Å². The molecule has 0 fully saturated rings. The number of benzene rings is 1. The lowest BCUT2D eigenvalue weighted by Crippen LogP contribution is -2.41. The fourth-order valence-corrected chi connectivity index (χ4v) is 4.71. The first-order chi connectivity index (χ1) is 7.43. The largest absolute Gasteiger partial charge is 0.395 e. The molecule has 0 spiro atoms. The molecule has 90 valence electrons. The summed E-state index contributed by atoms with van der Waals surface area (Å²) in [6.45, 7) is 6.80. The maximum atomic E-state index is 9.66. The smallest absolute Gasteiger partial charge is 0.0547 e. The second-order valence-corrected chi connectivity index (χ2v) is 11.2. The lowest BCUT2D eigenvalue weighted by Gasteiger charge is -2.35. The molecule has 0 aromatic heterocycles. The van der Waals surface area contributed by atoms with E-state index in [0.29, 0.717) is 0 Å². The Morgan fingerprint density at radius 2 is 1.50 bits per heavy atom. The highest BCUT2D eigenvalue weighted by Crippen LogP contribution is 2.32. The zero-order valence-electron chi connectivity index (χ0n) is 10.4. The van der Waals surface area contributed by atoms with Crippen molar-refractivity contribution < 1.29 is 10.2 Å². The summed E-state index contributed by atoms with van der Waals surface area (Å²) in [6.07, 6.45) is 0. The highest BCUT2D eigenvalue weighted by Gasteiger charge is 2.35. The van der Waals surface area contributed by atoms with Gasteiger partial charge >= 0.3 is 0 Å². The van der Waals surface area contributed by atoms with Crippen molar-refractivity contribution in [2.75, 3.05) is 13.2 Å². The predicted molar refractivity (Wildman–Crippen MR) is 70.4 cm³/mol. The van der Waals surface area contributed by atoms with E-state index in [1.54, 1.807) is 0 Å². The zero-order valence-corrected chi connectivity index (χ0v) is 11.4. The van der Waals surface area contributed by atoms with Crippen LogP contribution in [0.25, 0.3) is 0 Å². The van der Waals surface area contributed by atoms with Crippen LogP contribution in [-0.4, -0.2) is 31.5 Å². The maximum Gasteiger partial charge on any atom is 0.0547 e. The number of aliphatic hydroxyl groups is 2. The molecule has 1 aromatic carbocycles. The highest BCUT2D eigenvalue weighted by molar-refractivity contribution is 6.76. The molecular formula is C13H22O2Si. The van der Waals surface area contributed by atoms with Crippen molar-refractivity contribution in [1.82, 2.24) is 0 Å². The first-order valence-electron chi connectivity index (χ1n) is 5.71. The molecule has 0 saturated carbocycles. The van der Waals surface area contributed by atoms with E-state index < -0.39 is 13.5 Å². The molecule has 0 aliphatic carbocycles. The number of hydrogen-bond donors (Lipinski definition) is 2. The Morgan fingerprint density at radius 1 is 1.00 bits per heavy atom. The number of hydrogen-bond acceptors (Lipinski definition) is 2. The molecule has 0 bridgehead atoms. The van der Waals surface area contributed by atoms with Gasteiger partial charge in [0.05, 0.1) is 13.2 Å². The summed E-state index contributed by atoms with van der Waals surface area (Å²) in [5, 5.41) is 19.3. The van der Waals surface area contributed by atoms with Gasteiger partial charge in [-0.1, -0.05) is 50.0 Å². The standard InChI is InChI=1S/C13H22O2Si/c1-16(2,3)11-13(9-14,10-15)12-7-5-4-6-8-12/h4-8,14-15H,9-11H2,1-3H3. The van der Waals surface area contributed by atoms with E-state index in [1.807, 2.05) is 30.3 Å². The Kier molecular flexibility index (Phi) is 4.30. The average Bonchev–Trinajstić information content (AvgIpc) is 2.26. The van der Waals surface area contributed by atoms with Crippen LogP contribution >= 0.6 is 0 Å². The molecule has 0 unspecified atom stereocenters. The summed E-state index contributed by atoms with van der Waals surface area (Å²) in [4.78, 5) is 0. The van der Waals surface area contributed by atoms with Gasteiger partial charge in [0, 0.05) is 13.5 Å². The van der Waals surface area contributed by atoms with Gasteiger partial charge in [0.1, 0.15) is 0 Å². The van der Waals surface area contributed by atoms with Gasteiger partial charge in [-0.3, -0.25) is 0 Å². The van der Waals surface area contributed by atoms with Crippen molar-refractivity contribution in [3.63, 3.8) is 0 Å². The van der Waals surface area contributed by atoms with Gasteiger partial charge in [0.15, 0.2) is 0 Å². The summed E-state index contributed by atoms with van der Waals surface area (Å²) in [7, 11) is -1.34. The molecule has 16 heavy (non-hydrogen) atoms. The minimum Gasteiger partial charge on any atom is -0.395 e. The minimum atomic E-state index is -1.34. The lowest BCUT2D eigenvalue weighted by molar-refractivity contribution is 0.128. The van der Waals surface area contributed by atoms with E-state index in [2.05, 4.69) is 19.6 Å². The third kappa shape index (κ3) is 3.17. The van der Waals surface area contributed by atoms with E-state index >= 15 is 0 Å². The Morgan fingerprint density at radius 3 is 1.88 bits per heavy atom. The Bertz CT molecular complexity index is 312. The fraction of sp³-hybridized carbons (Fsp3) is 0.538. The van der Waals surface area contributed by atoms with Crippen LogP contribution in [0.1, 0.15) is 5.56 Å². The predicted octanol–water partition coefficient (Wildman–Crippen LogP) is 2.25. The normalized spacial score (nSPS) is 12.8. The third-order valence-electron chi connectivity index (χ3n) is 2.86. The molecule has 1 aromatic rings. The topological polar surface area (TPSA) is 40.5 Å². The van der Waals surface area contributed by atoms with E-state index in [0.717, 1.165) is 11.6 Å². The molecule has 2 nitrogen and oxygen atoms in total. The molecule has 2 N–H and O–H groups in total. The molecule has 0 heterocycles. The van der Waals surface area contributed by atoms with Crippen molar-refractivity contribution in [1.29, 1.82) is 0 Å². The van der Waals surface area contributed by atoms with Crippen LogP contribution in [0.2, 0.25) is 25.7 Å². The maximum absolute atomic E-state index is 9.66. The van der Waals surface area contributed by atoms with Crippen LogP contribution in [0.15, 0.2) is 30.3 Å². The molecule has 0 aliphatic heterocycles. The summed E-state index contributed by atoms with van der Waals surface area (Å²) in [5.41, 5.74) is 0.577. The summed E-state index contributed by atoms with van der Waals surface area (Å²) < 4.78 is 0. The van der Waals surface area contributed by atoms with Crippen molar-refractivity contribution in [3.8, 4) is 0 Å². The van der Waals surface area contributed by atoms with Crippen molar-refractivity contribution in [3.05, 3.63) is 35.9 Å². The summed E-state index contributed by atoms with van der Waals surface area (Å²) in [6, 6.07) is 10.8. The van der Waals surface area contributed by atoms with Gasteiger partial charge < -0.3 is 10.2 Å². The van der Waals surface area contributed by atoms with Gasteiger partial charge in [0.25, 0.3) is 0 Å². The Hall–Kier alpha value is -0.643. The second kappa shape index (κ2) is 5.12. The SMILES string of the molecule is C[Si](C)(C)CC(CO)(CO)c1ccccc1. The Labute approximate surface area is 99.0 Å². The summed E-state index contributed by atoms with van der Waals surface area (Å²) >= 11 is 0. The third-order valence-corrected chi connectivity index (χ3v) is 4.60. The van der Waals surface area contributed by atoms with Crippen LogP contribution in [0, 0.1) is 0 Å². The first-order valence-corrected chi connectivity index (χ1v) is 9.41. The molecule has 0 radical (unpaired) electrons. The zero-order chi connectivity index (χ0) is 12.2. The molecule has 0 amide bonds. The van der Waals surface area contributed by atoms with Crippen LogP contribution in [0.4, 0.5) is 0 Å². The highest BCUT2D eigenvalue weighted by atomic mass is 28.3. The monoisotopic (exact) mass is 238 g/mol. The van der Waals surface area contributed by atoms with Crippen molar-refractivity contribution in [2.45, 2.75) is 31.1 Å². The lowest BCUT2D eigenvalue weighted by atomic mass is 9.84. The van der Waals surface area contributed by atoms with Crippen LogP contribution in [-0.2, 0) is 5.41 Å². The quantitative estimate of drug-likeness (QED) is 0.772. The first kappa shape index (κ1) is 13.4. The molecular weight excluding hydrogens is 216 g/mol. The Balaban J connectivity index is 3.06. The van der Waals surface area contributed by atoms with E-state index in [9.17, 15) is 10.2 Å². The molecule has 0 atom stereocenters. The van der Waals surface area contributed by atoms with Gasteiger partial charge in [0.2, 0.25) is 0 Å². The molecule has 3 heteroatoms. The molecule has 0 saturated heterocycles. The summed E-state index contributed by atoms with van der Waals surface area (Å²) in [5.74, 6) is 0. The second-order valence-electron chi connectivity index (χ2n) is 5.70. The van der Waals surface area contributed by atoms with Gasteiger partial charge in [-0.05, 0) is 11.6 Å². The van der Waals surface area contributed by atoms with E-state index in [1.165, 1.54) is 0 Å². The van der Waals surface area contributed by atoms with Gasteiger partial charge in [-0.15, -0.1) is 0 Å². The van der Waals surface area contributed by atoms with Crippen molar-refractivity contribution >= 4 is 8.07 Å². The number of aliphatic hydroxyl groups excluding tert-OH is 2. The van der Waals surface area contributed by atoms with E-state index in [-0.39, 0.29) is 13.2 Å². The van der Waals surface area contributed by atoms with Gasteiger partial charge in [-0.2, -0.15) is 0 Å². The minimum absolute atomic E-state index is 0.0117. The van der Waals surface area contributed by atoms with Crippen LogP contribution in [0.5, 0.6) is 0 Å². The van der Waals surface area contributed by atoms with Crippen molar-refractivity contribution in [2.24, 2.45) is 0 Å². The number of rotatable bonds is 5. The molecule has 1 rings (SSSR count). The average molecular weight is 238 g/mol.